The SMILES string of the molecule is NCC1(CNC(=O)c2coc3ccccc23)CCC1. The van der Waals surface area contributed by atoms with Crippen LogP contribution in [0, 0.1) is 5.41 Å². The molecular formula is C15H18N2O2. The van der Waals surface area contributed by atoms with Crippen molar-refractivity contribution in [2.45, 2.75) is 19.3 Å². The molecule has 4 nitrogen and oxygen atoms in total. The second-order valence-corrected chi connectivity index (χ2v) is 5.39. The lowest BCUT2D eigenvalue weighted by molar-refractivity contribution is 0.0877. The smallest absolute Gasteiger partial charge is 0.255 e. The van der Waals surface area contributed by atoms with Crippen LogP contribution in [0.4, 0.5) is 0 Å². The summed E-state index contributed by atoms with van der Waals surface area (Å²) in [5.74, 6) is -0.0790. The van der Waals surface area contributed by atoms with Crippen molar-refractivity contribution < 1.29 is 9.21 Å². The van der Waals surface area contributed by atoms with E-state index < -0.39 is 0 Å². The summed E-state index contributed by atoms with van der Waals surface area (Å²) in [7, 11) is 0. The first-order chi connectivity index (χ1) is 9.24. The number of para-hydroxylation sites is 1. The maximum Gasteiger partial charge on any atom is 0.255 e. The molecule has 19 heavy (non-hydrogen) atoms. The van der Waals surface area contributed by atoms with E-state index in [0.29, 0.717) is 18.7 Å². The number of hydrogen-bond donors (Lipinski definition) is 2. The van der Waals surface area contributed by atoms with Crippen molar-refractivity contribution in [2.75, 3.05) is 13.1 Å². The molecule has 1 aliphatic carbocycles. The first-order valence-electron chi connectivity index (χ1n) is 6.69. The summed E-state index contributed by atoms with van der Waals surface area (Å²) in [4.78, 5) is 12.2. The van der Waals surface area contributed by atoms with Gasteiger partial charge in [-0.25, -0.2) is 0 Å². The van der Waals surface area contributed by atoms with Crippen LogP contribution in [0.3, 0.4) is 0 Å². The van der Waals surface area contributed by atoms with Gasteiger partial charge in [0, 0.05) is 11.9 Å². The van der Waals surface area contributed by atoms with Gasteiger partial charge < -0.3 is 15.5 Å². The number of fused-ring (bicyclic) bond motifs is 1. The summed E-state index contributed by atoms with van der Waals surface area (Å²) in [6, 6.07) is 7.56. The van der Waals surface area contributed by atoms with Gasteiger partial charge in [0.05, 0.1) is 5.56 Å². The van der Waals surface area contributed by atoms with Gasteiger partial charge in [-0.15, -0.1) is 0 Å². The highest BCUT2D eigenvalue weighted by Gasteiger charge is 2.35. The number of nitrogens with one attached hydrogen (secondary N) is 1. The normalized spacial score (nSPS) is 17.1. The number of benzene rings is 1. The monoisotopic (exact) mass is 258 g/mol. The van der Waals surface area contributed by atoms with Gasteiger partial charge in [0.25, 0.3) is 5.91 Å². The predicted molar refractivity (Wildman–Crippen MR) is 73.9 cm³/mol. The molecule has 0 spiro atoms. The van der Waals surface area contributed by atoms with E-state index in [9.17, 15) is 4.79 Å². The van der Waals surface area contributed by atoms with Crippen LogP contribution in [0.2, 0.25) is 0 Å². The van der Waals surface area contributed by atoms with Gasteiger partial charge in [-0.05, 0) is 30.9 Å². The van der Waals surface area contributed by atoms with Gasteiger partial charge in [0.1, 0.15) is 11.8 Å². The van der Waals surface area contributed by atoms with Crippen LogP contribution in [0.5, 0.6) is 0 Å². The molecule has 1 heterocycles. The topological polar surface area (TPSA) is 68.3 Å². The minimum Gasteiger partial charge on any atom is -0.463 e. The summed E-state index contributed by atoms with van der Waals surface area (Å²) in [5, 5.41) is 3.85. The summed E-state index contributed by atoms with van der Waals surface area (Å²) in [6.45, 7) is 1.29. The molecule has 1 aromatic heterocycles. The molecule has 0 atom stereocenters. The Labute approximate surface area is 112 Å². The van der Waals surface area contributed by atoms with Crippen molar-refractivity contribution in [1.29, 1.82) is 0 Å². The van der Waals surface area contributed by atoms with Gasteiger partial charge in [0.2, 0.25) is 0 Å². The van der Waals surface area contributed by atoms with E-state index in [-0.39, 0.29) is 11.3 Å². The maximum absolute atomic E-state index is 12.2. The molecule has 3 rings (SSSR count). The van der Waals surface area contributed by atoms with Crippen molar-refractivity contribution >= 4 is 16.9 Å². The fourth-order valence-electron chi connectivity index (χ4n) is 2.65. The van der Waals surface area contributed by atoms with Crippen LogP contribution in [0.1, 0.15) is 29.6 Å². The van der Waals surface area contributed by atoms with E-state index in [1.807, 2.05) is 24.3 Å². The molecule has 0 bridgehead atoms. The number of nitrogens with two attached hydrogens (primary N) is 1. The zero-order valence-corrected chi connectivity index (χ0v) is 10.8. The largest absolute Gasteiger partial charge is 0.463 e. The van der Waals surface area contributed by atoms with Crippen LogP contribution in [0.15, 0.2) is 34.9 Å². The molecule has 2 aromatic rings. The molecule has 100 valence electrons. The molecule has 3 N–H and O–H groups in total. The standard InChI is InChI=1S/C15H18N2O2/c16-9-15(6-3-7-15)10-17-14(18)12-8-19-13-5-2-1-4-11(12)13/h1-2,4-5,8H,3,6-7,9-10,16H2,(H,17,18). The Bertz CT molecular complexity index is 593. The molecule has 1 amide bonds. The number of carbonyl (C=O) groups excluding carboxylic acids is 1. The van der Waals surface area contributed by atoms with Gasteiger partial charge in [-0.1, -0.05) is 24.6 Å². The lowest BCUT2D eigenvalue weighted by atomic mass is 9.69. The summed E-state index contributed by atoms with van der Waals surface area (Å²) < 4.78 is 5.38. The number of carbonyl (C=O) groups is 1. The van der Waals surface area contributed by atoms with E-state index in [0.717, 1.165) is 23.8 Å². The lowest BCUT2D eigenvalue weighted by Crippen LogP contribution is -2.46. The van der Waals surface area contributed by atoms with Crippen molar-refractivity contribution in [2.24, 2.45) is 11.1 Å². The van der Waals surface area contributed by atoms with Crippen molar-refractivity contribution in [3.8, 4) is 0 Å². The Morgan fingerprint density at radius 1 is 1.37 bits per heavy atom. The highest BCUT2D eigenvalue weighted by Crippen LogP contribution is 2.39. The molecule has 4 heteroatoms. The predicted octanol–water partition coefficient (Wildman–Crippen LogP) is 2.29. The summed E-state index contributed by atoms with van der Waals surface area (Å²) in [6.07, 6.45) is 4.95. The fraction of sp³-hybridized carbons (Fsp3) is 0.400. The molecule has 1 aliphatic rings. The Kier molecular flexibility index (Phi) is 3.03. The van der Waals surface area contributed by atoms with Crippen LogP contribution >= 0.6 is 0 Å². The molecule has 0 unspecified atom stereocenters. The fourth-order valence-corrected chi connectivity index (χ4v) is 2.65. The Hall–Kier alpha value is -1.81. The number of furan rings is 1. The zero-order chi connectivity index (χ0) is 13.3. The Balaban J connectivity index is 1.73. The van der Waals surface area contributed by atoms with E-state index >= 15 is 0 Å². The number of hydrogen-bond acceptors (Lipinski definition) is 3. The highest BCUT2D eigenvalue weighted by molar-refractivity contribution is 6.05. The quantitative estimate of drug-likeness (QED) is 0.884. The molecular weight excluding hydrogens is 240 g/mol. The third-order valence-electron chi connectivity index (χ3n) is 4.20. The van der Waals surface area contributed by atoms with E-state index in [2.05, 4.69) is 5.32 Å². The van der Waals surface area contributed by atoms with Crippen LogP contribution < -0.4 is 11.1 Å². The minimum absolute atomic E-state index is 0.0790. The van der Waals surface area contributed by atoms with Crippen molar-refractivity contribution in [3.63, 3.8) is 0 Å². The van der Waals surface area contributed by atoms with Crippen LogP contribution in [-0.2, 0) is 0 Å². The molecule has 0 saturated heterocycles. The highest BCUT2D eigenvalue weighted by atomic mass is 16.3. The number of amides is 1. The van der Waals surface area contributed by atoms with Crippen molar-refractivity contribution in [1.82, 2.24) is 5.32 Å². The van der Waals surface area contributed by atoms with Crippen molar-refractivity contribution in [3.05, 3.63) is 36.1 Å². The van der Waals surface area contributed by atoms with Gasteiger partial charge in [-0.3, -0.25) is 4.79 Å². The molecule has 1 fully saturated rings. The van der Waals surface area contributed by atoms with Gasteiger partial charge >= 0.3 is 0 Å². The minimum atomic E-state index is -0.0790. The zero-order valence-electron chi connectivity index (χ0n) is 10.8. The molecule has 1 saturated carbocycles. The second-order valence-electron chi connectivity index (χ2n) is 5.39. The summed E-state index contributed by atoms with van der Waals surface area (Å²) >= 11 is 0. The van der Waals surface area contributed by atoms with Crippen LogP contribution in [-0.4, -0.2) is 19.0 Å². The van der Waals surface area contributed by atoms with E-state index in [4.69, 9.17) is 10.2 Å². The van der Waals surface area contributed by atoms with E-state index in [1.165, 1.54) is 12.7 Å². The third-order valence-corrected chi connectivity index (χ3v) is 4.20. The molecule has 1 aromatic carbocycles. The van der Waals surface area contributed by atoms with Gasteiger partial charge in [0.15, 0.2) is 0 Å². The first kappa shape index (κ1) is 12.2. The Morgan fingerprint density at radius 2 is 2.16 bits per heavy atom. The molecule has 0 aliphatic heterocycles. The average molecular weight is 258 g/mol. The lowest BCUT2D eigenvalue weighted by Gasteiger charge is -2.40. The first-order valence-corrected chi connectivity index (χ1v) is 6.69. The maximum atomic E-state index is 12.2. The average Bonchev–Trinajstić information content (AvgIpc) is 2.81. The van der Waals surface area contributed by atoms with E-state index in [1.54, 1.807) is 0 Å². The second kappa shape index (κ2) is 4.70. The van der Waals surface area contributed by atoms with Gasteiger partial charge in [-0.2, -0.15) is 0 Å². The third kappa shape index (κ3) is 2.12. The molecule has 0 radical (unpaired) electrons. The number of rotatable bonds is 4. The Morgan fingerprint density at radius 3 is 2.84 bits per heavy atom. The summed E-state index contributed by atoms with van der Waals surface area (Å²) in [5.41, 5.74) is 7.25. The van der Waals surface area contributed by atoms with Crippen LogP contribution in [0.25, 0.3) is 11.0 Å².